The van der Waals surface area contributed by atoms with Crippen molar-refractivity contribution in [1.82, 2.24) is 9.78 Å². The Hall–Kier alpha value is -1.63. The Morgan fingerprint density at radius 2 is 1.84 bits per heavy atom. The number of nitrogens with two attached hydrogens (primary N) is 1. The van der Waals surface area contributed by atoms with Crippen LogP contribution in [0.1, 0.15) is 0 Å². The van der Waals surface area contributed by atoms with E-state index in [1.54, 1.807) is 24.5 Å². The molecule has 3 nitrogen and oxygen atoms in total. The first kappa shape index (κ1) is 13.8. The number of thioether (sulfide) groups is 1. The van der Waals surface area contributed by atoms with Crippen LogP contribution < -0.4 is 5.73 Å². The Labute approximate surface area is 112 Å². The van der Waals surface area contributed by atoms with Crippen LogP contribution in [0.25, 0.3) is 11.1 Å². The zero-order valence-electron chi connectivity index (χ0n) is 9.89. The van der Waals surface area contributed by atoms with Crippen LogP contribution in [0.15, 0.2) is 36.7 Å². The van der Waals surface area contributed by atoms with Gasteiger partial charge in [-0.25, -0.2) is 0 Å². The van der Waals surface area contributed by atoms with Crippen molar-refractivity contribution >= 4 is 17.4 Å². The van der Waals surface area contributed by atoms with Gasteiger partial charge < -0.3 is 5.73 Å². The Balaban J connectivity index is 1.97. The third kappa shape index (κ3) is 4.20. The minimum Gasteiger partial charge on any atom is -0.399 e. The standard InChI is InChI=1S/C12H12F3N3S/c13-12(14,15)19-6-5-18-8-10(7-17-18)9-1-3-11(16)4-2-9/h1-4,7-8H,5-6,16H2. The summed E-state index contributed by atoms with van der Waals surface area (Å²) >= 11 is -0.0419. The molecule has 2 N–H and O–H groups in total. The van der Waals surface area contributed by atoms with Crippen molar-refractivity contribution in [2.45, 2.75) is 12.1 Å². The second-order valence-corrected chi connectivity index (χ2v) is 5.07. The summed E-state index contributed by atoms with van der Waals surface area (Å²) in [7, 11) is 0. The number of nitrogen functional groups attached to an aromatic ring is 1. The highest BCUT2D eigenvalue weighted by Gasteiger charge is 2.27. The summed E-state index contributed by atoms with van der Waals surface area (Å²) in [5, 5.41) is 4.04. The largest absolute Gasteiger partial charge is 0.441 e. The molecule has 19 heavy (non-hydrogen) atoms. The lowest BCUT2D eigenvalue weighted by Crippen LogP contribution is -2.07. The van der Waals surface area contributed by atoms with Gasteiger partial charge in [0, 0.05) is 23.2 Å². The fourth-order valence-electron chi connectivity index (χ4n) is 1.57. The fourth-order valence-corrected chi connectivity index (χ4v) is 2.08. The van der Waals surface area contributed by atoms with E-state index < -0.39 is 5.51 Å². The average Bonchev–Trinajstić information content (AvgIpc) is 2.77. The van der Waals surface area contributed by atoms with Gasteiger partial charge in [-0.05, 0) is 29.5 Å². The summed E-state index contributed by atoms with van der Waals surface area (Å²) in [6.45, 7) is 0.221. The molecule has 7 heteroatoms. The van der Waals surface area contributed by atoms with E-state index in [9.17, 15) is 13.2 Å². The summed E-state index contributed by atoms with van der Waals surface area (Å²) in [6, 6.07) is 7.24. The van der Waals surface area contributed by atoms with Crippen LogP contribution in [0.5, 0.6) is 0 Å². The Bertz CT molecular complexity index is 534. The summed E-state index contributed by atoms with van der Waals surface area (Å²) in [5.41, 5.74) is 3.86. The number of hydrogen-bond acceptors (Lipinski definition) is 3. The summed E-state index contributed by atoms with van der Waals surface area (Å²) in [6.07, 6.45) is 3.35. The fraction of sp³-hybridized carbons (Fsp3) is 0.250. The lowest BCUT2D eigenvalue weighted by atomic mass is 10.1. The van der Waals surface area contributed by atoms with Crippen LogP contribution in [0, 0.1) is 0 Å². The SMILES string of the molecule is Nc1ccc(-c2cnn(CCSC(F)(F)F)c2)cc1. The monoisotopic (exact) mass is 287 g/mol. The molecule has 2 rings (SSSR count). The predicted molar refractivity (Wildman–Crippen MR) is 70.6 cm³/mol. The Morgan fingerprint density at radius 3 is 2.47 bits per heavy atom. The van der Waals surface area contributed by atoms with Gasteiger partial charge in [-0.15, -0.1) is 0 Å². The number of nitrogens with zero attached hydrogens (tertiary/aromatic N) is 2. The molecule has 0 unspecified atom stereocenters. The lowest BCUT2D eigenvalue weighted by Gasteiger charge is -2.05. The predicted octanol–water partition coefficient (Wildman–Crippen LogP) is 3.39. The van der Waals surface area contributed by atoms with Crippen molar-refractivity contribution in [3.8, 4) is 11.1 Å². The van der Waals surface area contributed by atoms with Crippen molar-refractivity contribution < 1.29 is 13.2 Å². The first-order valence-corrected chi connectivity index (χ1v) is 6.52. The number of halogens is 3. The van der Waals surface area contributed by atoms with E-state index in [0.717, 1.165) is 11.1 Å². The molecule has 1 heterocycles. The number of benzene rings is 1. The molecule has 0 atom stereocenters. The van der Waals surface area contributed by atoms with E-state index in [1.165, 1.54) is 4.68 Å². The first-order valence-electron chi connectivity index (χ1n) is 5.53. The molecule has 0 aliphatic heterocycles. The van der Waals surface area contributed by atoms with Crippen molar-refractivity contribution in [3.63, 3.8) is 0 Å². The molecule has 0 aliphatic rings. The maximum Gasteiger partial charge on any atom is 0.441 e. The highest BCUT2D eigenvalue weighted by atomic mass is 32.2. The maximum absolute atomic E-state index is 12.0. The summed E-state index contributed by atoms with van der Waals surface area (Å²) < 4.78 is 37.5. The van der Waals surface area contributed by atoms with Crippen molar-refractivity contribution in [2.24, 2.45) is 0 Å². The van der Waals surface area contributed by atoms with Crippen molar-refractivity contribution in [1.29, 1.82) is 0 Å². The number of rotatable bonds is 4. The van der Waals surface area contributed by atoms with Gasteiger partial charge in [-0.2, -0.15) is 18.3 Å². The van der Waals surface area contributed by atoms with E-state index in [1.807, 2.05) is 12.1 Å². The third-order valence-corrected chi connectivity index (χ3v) is 3.18. The Kier molecular flexibility index (Phi) is 4.04. The molecule has 0 amide bonds. The van der Waals surface area contributed by atoms with Gasteiger partial charge in [-0.1, -0.05) is 12.1 Å². The molecule has 2 aromatic rings. The zero-order chi connectivity index (χ0) is 13.9. The normalized spacial score (nSPS) is 11.7. The van der Waals surface area contributed by atoms with Gasteiger partial charge >= 0.3 is 5.51 Å². The van der Waals surface area contributed by atoms with Crippen molar-refractivity contribution in [3.05, 3.63) is 36.7 Å². The van der Waals surface area contributed by atoms with Gasteiger partial charge in [0.1, 0.15) is 0 Å². The van der Waals surface area contributed by atoms with Crippen LogP contribution in [0.4, 0.5) is 18.9 Å². The molecule has 0 spiro atoms. The molecule has 1 aromatic heterocycles. The smallest absolute Gasteiger partial charge is 0.399 e. The van der Waals surface area contributed by atoms with Gasteiger partial charge in [0.2, 0.25) is 0 Å². The number of alkyl halides is 3. The van der Waals surface area contributed by atoms with Gasteiger partial charge in [-0.3, -0.25) is 4.68 Å². The van der Waals surface area contributed by atoms with E-state index in [0.29, 0.717) is 5.69 Å². The number of anilines is 1. The molecule has 0 saturated heterocycles. The zero-order valence-corrected chi connectivity index (χ0v) is 10.7. The molecule has 102 valence electrons. The maximum atomic E-state index is 12.0. The average molecular weight is 287 g/mol. The topological polar surface area (TPSA) is 43.8 Å². The van der Waals surface area contributed by atoms with Crippen LogP contribution in [-0.2, 0) is 6.54 Å². The third-order valence-electron chi connectivity index (χ3n) is 2.46. The summed E-state index contributed by atoms with van der Waals surface area (Å²) in [5.74, 6) is -0.0492. The molecule has 0 saturated carbocycles. The molecule has 1 aromatic carbocycles. The lowest BCUT2D eigenvalue weighted by molar-refractivity contribution is -0.0328. The second kappa shape index (κ2) is 5.56. The van der Waals surface area contributed by atoms with Gasteiger partial charge in [0.05, 0.1) is 12.7 Å². The van der Waals surface area contributed by atoms with Crippen LogP contribution >= 0.6 is 11.8 Å². The molecule has 0 bridgehead atoms. The van der Waals surface area contributed by atoms with Crippen LogP contribution in [0.3, 0.4) is 0 Å². The van der Waals surface area contributed by atoms with Gasteiger partial charge in [0.25, 0.3) is 0 Å². The van der Waals surface area contributed by atoms with Crippen molar-refractivity contribution in [2.75, 3.05) is 11.5 Å². The number of hydrogen-bond donors (Lipinski definition) is 1. The van der Waals surface area contributed by atoms with Crippen LogP contribution in [0.2, 0.25) is 0 Å². The van der Waals surface area contributed by atoms with Crippen LogP contribution in [-0.4, -0.2) is 21.0 Å². The number of aryl methyl sites for hydroxylation is 1. The minimum absolute atomic E-state index is 0.0419. The summed E-state index contributed by atoms with van der Waals surface area (Å²) in [4.78, 5) is 0. The highest BCUT2D eigenvalue weighted by Crippen LogP contribution is 2.30. The molecule has 0 radical (unpaired) electrons. The van der Waals surface area contributed by atoms with E-state index in [-0.39, 0.29) is 24.1 Å². The molecule has 0 aliphatic carbocycles. The molecule has 0 fully saturated rings. The minimum atomic E-state index is -4.19. The van der Waals surface area contributed by atoms with Gasteiger partial charge in [0.15, 0.2) is 0 Å². The Morgan fingerprint density at radius 1 is 1.16 bits per heavy atom. The van der Waals surface area contributed by atoms with E-state index >= 15 is 0 Å². The number of aromatic nitrogens is 2. The van der Waals surface area contributed by atoms with E-state index in [2.05, 4.69) is 5.10 Å². The first-order chi connectivity index (χ1) is 8.94. The van der Waals surface area contributed by atoms with E-state index in [4.69, 9.17) is 5.73 Å². The molecular weight excluding hydrogens is 275 g/mol. The second-order valence-electron chi connectivity index (χ2n) is 3.91. The quantitative estimate of drug-likeness (QED) is 0.877. The highest BCUT2D eigenvalue weighted by molar-refractivity contribution is 8.00. The molecular formula is C12H12F3N3S.